The van der Waals surface area contributed by atoms with Gasteiger partial charge in [0.1, 0.15) is 5.76 Å². The van der Waals surface area contributed by atoms with E-state index in [2.05, 4.69) is 27.3 Å². The lowest BCUT2D eigenvalue weighted by atomic mass is 10.00. The number of aromatic nitrogens is 3. The maximum absolute atomic E-state index is 12.4. The number of benzene rings is 1. The molecule has 0 unspecified atom stereocenters. The molecule has 0 aliphatic carbocycles. The first-order chi connectivity index (χ1) is 15.1. The van der Waals surface area contributed by atoms with E-state index in [1.54, 1.807) is 6.26 Å². The molecule has 1 aliphatic rings. The molecule has 0 spiro atoms. The summed E-state index contributed by atoms with van der Waals surface area (Å²) in [5.41, 5.74) is 0.966. The Labute approximate surface area is 191 Å². The number of halogens is 1. The molecule has 0 saturated carbocycles. The van der Waals surface area contributed by atoms with Crippen LogP contribution in [-0.4, -0.2) is 39.5 Å². The molecule has 9 heteroatoms. The van der Waals surface area contributed by atoms with E-state index in [0.29, 0.717) is 23.3 Å². The molecule has 164 valence electrons. The third-order valence-corrected chi connectivity index (χ3v) is 6.57. The lowest BCUT2D eigenvalue weighted by Crippen LogP contribution is -2.35. The minimum Gasteiger partial charge on any atom is -0.467 e. The topological polar surface area (TPSA) is 76.2 Å². The smallest absolute Gasteiger partial charge is 0.230 e. The lowest BCUT2D eigenvalue weighted by molar-refractivity contribution is -0.118. The molecule has 0 bridgehead atoms. The fraction of sp³-hybridized carbons (Fsp3) is 0.409. The largest absolute Gasteiger partial charge is 0.467 e. The summed E-state index contributed by atoms with van der Waals surface area (Å²) >= 11 is 7.39. The Kier molecular flexibility index (Phi) is 7.19. The number of anilines is 1. The Bertz CT molecular complexity index is 999. The average Bonchev–Trinajstić information content (AvgIpc) is 3.42. The molecular weight excluding hydrogens is 434 g/mol. The van der Waals surface area contributed by atoms with E-state index >= 15 is 0 Å². The number of hydrogen-bond acceptors (Lipinski definition) is 6. The molecule has 4 rings (SSSR count). The van der Waals surface area contributed by atoms with E-state index in [-0.39, 0.29) is 11.7 Å². The van der Waals surface area contributed by atoms with Crippen LogP contribution in [0.15, 0.2) is 52.2 Å². The van der Waals surface area contributed by atoms with E-state index < -0.39 is 0 Å². The summed E-state index contributed by atoms with van der Waals surface area (Å²) in [6.45, 7) is 5.18. The van der Waals surface area contributed by atoms with E-state index in [1.165, 1.54) is 11.8 Å². The molecule has 3 heterocycles. The van der Waals surface area contributed by atoms with Crippen molar-refractivity contribution in [3.63, 3.8) is 0 Å². The summed E-state index contributed by atoms with van der Waals surface area (Å²) < 4.78 is 7.60. The minimum absolute atomic E-state index is 0.0640. The van der Waals surface area contributed by atoms with Gasteiger partial charge in [-0.2, -0.15) is 0 Å². The minimum atomic E-state index is -0.0640. The van der Waals surface area contributed by atoms with E-state index in [1.807, 2.05) is 41.0 Å². The highest BCUT2D eigenvalue weighted by Crippen LogP contribution is 2.27. The van der Waals surface area contributed by atoms with Gasteiger partial charge in [-0.05, 0) is 48.6 Å². The van der Waals surface area contributed by atoms with Gasteiger partial charge < -0.3 is 14.6 Å². The zero-order chi connectivity index (χ0) is 21.6. The van der Waals surface area contributed by atoms with Crippen molar-refractivity contribution in [1.82, 2.24) is 20.1 Å². The second-order valence-electron chi connectivity index (χ2n) is 7.81. The fourth-order valence-electron chi connectivity index (χ4n) is 3.56. The maximum Gasteiger partial charge on any atom is 0.230 e. The van der Waals surface area contributed by atoms with Gasteiger partial charge in [-0.1, -0.05) is 42.4 Å². The first kappa shape index (κ1) is 21.8. The van der Waals surface area contributed by atoms with Crippen LogP contribution < -0.4 is 10.2 Å². The third kappa shape index (κ3) is 5.83. The van der Waals surface area contributed by atoms with Crippen LogP contribution in [0, 0.1) is 5.92 Å². The molecule has 1 N–H and O–H groups in total. The molecule has 1 saturated heterocycles. The maximum atomic E-state index is 12.4. The normalized spacial score (nSPS) is 14.7. The van der Waals surface area contributed by atoms with Crippen molar-refractivity contribution in [3.05, 3.63) is 59.0 Å². The summed E-state index contributed by atoms with van der Waals surface area (Å²) in [4.78, 5) is 14.7. The number of hydrogen-bond donors (Lipinski definition) is 1. The van der Waals surface area contributed by atoms with Crippen LogP contribution in [0.25, 0.3) is 0 Å². The molecule has 7 nitrogen and oxygen atoms in total. The van der Waals surface area contributed by atoms with Crippen LogP contribution in [0.2, 0.25) is 5.02 Å². The number of thioether (sulfide) groups is 1. The van der Waals surface area contributed by atoms with Crippen molar-refractivity contribution in [2.75, 3.05) is 23.7 Å². The number of nitrogens with one attached hydrogen (secondary N) is 1. The van der Waals surface area contributed by atoms with Gasteiger partial charge in [-0.15, -0.1) is 10.2 Å². The number of carbonyl (C=O) groups is 1. The average molecular weight is 460 g/mol. The number of piperidine rings is 1. The number of furan rings is 1. The predicted molar refractivity (Wildman–Crippen MR) is 122 cm³/mol. The first-order valence-corrected chi connectivity index (χ1v) is 11.8. The molecule has 0 radical (unpaired) electrons. The van der Waals surface area contributed by atoms with Gasteiger partial charge in [0.2, 0.25) is 11.9 Å². The predicted octanol–water partition coefficient (Wildman–Crippen LogP) is 4.22. The Hall–Kier alpha value is -2.45. The Morgan fingerprint density at radius 3 is 2.84 bits per heavy atom. The molecule has 2 aromatic heterocycles. The molecule has 1 amide bonds. The van der Waals surface area contributed by atoms with Gasteiger partial charge in [0.25, 0.3) is 0 Å². The van der Waals surface area contributed by atoms with Gasteiger partial charge in [0, 0.05) is 24.7 Å². The lowest BCUT2D eigenvalue weighted by Gasteiger charge is -2.31. The van der Waals surface area contributed by atoms with Crippen molar-refractivity contribution in [2.45, 2.75) is 38.0 Å². The molecule has 0 atom stereocenters. The molecular formula is C22H26ClN5O2S. The summed E-state index contributed by atoms with van der Waals surface area (Å²) in [5, 5.41) is 13.1. The van der Waals surface area contributed by atoms with Crippen molar-refractivity contribution in [1.29, 1.82) is 0 Å². The molecule has 3 aromatic rings. The summed E-state index contributed by atoms with van der Waals surface area (Å²) in [6.07, 6.45) is 3.95. The van der Waals surface area contributed by atoms with Crippen LogP contribution in [0.4, 0.5) is 5.95 Å². The summed E-state index contributed by atoms with van der Waals surface area (Å²) in [7, 11) is 0. The van der Waals surface area contributed by atoms with E-state index in [9.17, 15) is 4.79 Å². The Morgan fingerprint density at radius 2 is 2.10 bits per heavy atom. The van der Waals surface area contributed by atoms with E-state index in [4.69, 9.17) is 16.0 Å². The Balaban J connectivity index is 1.41. The van der Waals surface area contributed by atoms with Gasteiger partial charge in [-0.25, -0.2) is 0 Å². The number of amides is 1. The number of rotatable bonds is 8. The van der Waals surface area contributed by atoms with Crippen LogP contribution in [-0.2, 0) is 17.9 Å². The fourth-order valence-corrected chi connectivity index (χ4v) is 4.53. The van der Waals surface area contributed by atoms with Crippen LogP contribution in [0.1, 0.15) is 31.1 Å². The van der Waals surface area contributed by atoms with Gasteiger partial charge in [-0.3, -0.25) is 9.36 Å². The van der Waals surface area contributed by atoms with Crippen molar-refractivity contribution in [3.8, 4) is 0 Å². The zero-order valence-electron chi connectivity index (χ0n) is 17.5. The number of carbonyl (C=O) groups excluding carboxylic acids is 1. The zero-order valence-corrected chi connectivity index (χ0v) is 19.0. The Morgan fingerprint density at radius 1 is 1.26 bits per heavy atom. The highest BCUT2D eigenvalue weighted by atomic mass is 35.5. The second kappa shape index (κ2) is 10.2. The van der Waals surface area contributed by atoms with Gasteiger partial charge in [0.05, 0.1) is 18.6 Å². The number of nitrogens with zero attached hydrogens (tertiary/aromatic N) is 4. The van der Waals surface area contributed by atoms with Gasteiger partial charge in [0.15, 0.2) is 5.16 Å². The molecule has 1 aliphatic heterocycles. The van der Waals surface area contributed by atoms with Gasteiger partial charge >= 0.3 is 0 Å². The van der Waals surface area contributed by atoms with Crippen molar-refractivity contribution < 1.29 is 9.21 Å². The second-order valence-corrected chi connectivity index (χ2v) is 9.19. The van der Waals surface area contributed by atoms with Crippen LogP contribution in [0.3, 0.4) is 0 Å². The highest BCUT2D eigenvalue weighted by Gasteiger charge is 2.23. The third-order valence-electron chi connectivity index (χ3n) is 5.37. The molecule has 1 aromatic carbocycles. The monoisotopic (exact) mass is 459 g/mol. The van der Waals surface area contributed by atoms with Crippen molar-refractivity contribution >= 4 is 35.2 Å². The SMILES string of the molecule is CC1CCN(c2nnc(SCC(=O)NCc3cccc(Cl)c3)n2Cc2ccco2)CC1. The first-order valence-electron chi connectivity index (χ1n) is 10.4. The van der Waals surface area contributed by atoms with Crippen LogP contribution >= 0.6 is 23.4 Å². The molecule has 1 fully saturated rings. The highest BCUT2D eigenvalue weighted by molar-refractivity contribution is 7.99. The van der Waals surface area contributed by atoms with E-state index in [0.717, 1.165) is 49.1 Å². The summed E-state index contributed by atoms with van der Waals surface area (Å²) in [6, 6.07) is 11.3. The molecule has 31 heavy (non-hydrogen) atoms. The standard InChI is InChI=1S/C22H26ClN5O2S/c1-16-7-9-27(10-8-16)21-25-26-22(28(21)14-19-6-3-11-30-19)31-15-20(29)24-13-17-4-2-5-18(23)12-17/h2-6,11-12,16H,7-10,13-15H2,1H3,(H,24,29). The van der Waals surface area contributed by atoms with Crippen LogP contribution in [0.5, 0.6) is 0 Å². The quantitative estimate of drug-likeness (QED) is 0.508. The summed E-state index contributed by atoms with van der Waals surface area (Å²) in [5.74, 6) is 2.60. The van der Waals surface area contributed by atoms with Crippen molar-refractivity contribution in [2.24, 2.45) is 5.92 Å².